The molecule has 2 amide bonds. The van der Waals surface area contributed by atoms with Crippen molar-refractivity contribution < 1.29 is 19.1 Å². The minimum Gasteiger partial charge on any atom is -0.457 e. The number of cyclic esters (lactones) is 1. The molecular formula is C25H34N4O4S2. The highest BCUT2D eigenvalue weighted by Gasteiger charge is 2.49. The number of fused-ring (bicyclic) bond motifs is 1. The van der Waals surface area contributed by atoms with Crippen molar-refractivity contribution >= 4 is 51.9 Å². The van der Waals surface area contributed by atoms with Gasteiger partial charge in [0.15, 0.2) is 5.11 Å². The van der Waals surface area contributed by atoms with Gasteiger partial charge in [-0.3, -0.25) is 19.4 Å². The number of hydrogen-bond donors (Lipinski definition) is 0. The average molecular weight is 519 g/mol. The van der Waals surface area contributed by atoms with Crippen LogP contribution in [-0.2, 0) is 16.1 Å². The Morgan fingerprint density at radius 3 is 2.51 bits per heavy atom. The van der Waals surface area contributed by atoms with Crippen LogP contribution in [0.2, 0.25) is 0 Å². The van der Waals surface area contributed by atoms with Gasteiger partial charge in [-0.05, 0) is 69.4 Å². The fourth-order valence-electron chi connectivity index (χ4n) is 4.85. The van der Waals surface area contributed by atoms with Gasteiger partial charge in [-0.15, -0.1) is 0 Å². The number of carbonyl (C=O) groups is 3. The third-order valence-corrected chi connectivity index (χ3v) is 8.20. The predicted octanol–water partition coefficient (Wildman–Crippen LogP) is 3.73. The summed E-state index contributed by atoms with van der Waals surface area (Å²) in [5.41, 5.74) is 1.30. The molecule has 2 saturated heterocycles. The van der Waals surface area contributed by atoms with Gasteiger partial charge >= 0.3 is 5.97 Å². The van der Waals surface area contributed by atoms with Crippen molar-refractivity contribution in [1.82, 2.24) is 14.7 Å². The molecule has 0 saturated carbocycles. The molecule has 0 N–H and O–H groups in total. The number of nitrogens with zero attached hydrogens (tertiary/aromatic N) is 4. The first kappa shape index (κ1) is 25.9. The Bertz CT molecular complexity index is 1010. The van der Waals surface area contributed by atoms with Crippen molar-refractivity contribution in [1.29, 1.82) is 0 Å². The van der Waals surface area contributed by atoms with Gasteiger partial charge in [-0.1, -0.05) is 25.1 Å². The van der Waals surface area contributed by atoms with Gasteiger partial charge in [0.2, 0.25) is 0 Å². The van der Waals surface area contributed by atoms with Crippen LogP contribution >= 0.6 is 24.0 Å². The SMILES string of the molecule is CCSC(=O)N1CCN(CCCCCN2C(=S)N(c3ccc4c(c3)COC4=O)C(=O)C2(C)C)CC1. The second-order valence-corrected chi connectivity index (χ2v) is 11.2. The molecular weight excluding hydrogens is 484 g/mol. The molecule has 0 aliphatic carbocycles. The lowest BCUT2D eigenvalue weighted by Gasteiger charge is -2.34. The summed E-state index contributed by atoms with van der Waals surface area (Å²) in [6, 6.07) is 5.31. The first-order valence-electron chi connectivity index (χ1n) is 12.3. The van der Waals surface area contributed by atoms with Crippen molar-refractivity contribution in [2.45, 2.75) is 52.2 Å². The summed E-state index contributed by atoms with van der Waals surface area (Å²) in [4.78, 5) is 45.1. The van der Waals surface area contributed by atoms with E-state index in [0.29, 0.717) is 16.4 Å². The molecule has 0 unspecified atom stereocenters. The molecule has 0 aromatic heterocycles. The topological polar surface area (TPSA) is 73.4 Å². The molecule has 3 aliphatic heterocycles. The van der Waals surface area contributed by atoms with E-state index in [4.69, 9.17) is 17.0 Å². The molecule has 0 radical (unpaired) electrons. The van der Waals surface area contributed by atoms with E-state index in [1.807, 2.05) is 36.6 Å². The van der Waals surface area contributed by atoms with Gasteiger partial charge in [0.05, 0.1) is 11.3 Å². The van der Waals surface area contributed by atoms with E-state index in [-0.39, 0.29) is 23.7 Å². The number of piperazine rings is 1. The Morgan fingerprint density at radius 2 is 1.80 bits per heavy atom. The van der Waals surface area contributed by atoms with E-state index in [9.17, 15) is 14.4 Å². The number of thioether (sulfide) groups is 1. The van der Waals surface area contributed by atoms with Crippen molar-refractivity contribution in [2.24, 2.45) is 0 Å². The lowest BCUT2D eigenvalue weighted by molar-refractivity contribution is -0.123. The Labute approximate surface area is 216 Å². The molecule has 4 rings (SSSR count). The van der Waals surface area contributed by atoms with Crippen molar-refractivity contribution in [3.8, 4) is 0 Å². The number of thiocarbonyl (C=S) groups is 1. The van der Waals surface area contributed by atoms with E-state index >= 15 is 0 Å². The standard InChI is InChI=1S/C25H34N4O4S2/c1-4-35-24(32)27-14-12-26(13-15-27)10-6-5-7-11-28-23(34)29(22(31)25(28,2)3)19-8-9-20-18(16-19)17-33-21(20)30/h8-9,16H,4-7,10-15,17H2,1-3H3. The largest absolute Gasteiger partial charge is 0.457 e. The summed E-state index contributed by atoms with van der Waals surface area (Å²) in [5, 5.41) is 0.706. The fourth-order valence-corrected chi connectivity index (χ4v) is 5.97. The van der Waals surface area contributed by atoms with E-state index in [0.717, 1.165) is 69.8 Å². The van der Waals surface area contributed by atoms with E-state index in [1.54, 1.807) is 17.0 Å². The van der Waals surface area contributed by atoms with Crippen molar-refractivity contribution in [3.63, 3.8) is 0 Å². The third-order valence-electron chi connectivity index (χ3n) is 7.00. The Morgan fingerprint density at radius 1 is 1.09 bits per heavy atom. The highest BCUT2D eigenvalue weighted by molar-refractivity contribution is 8.13. The number of ether oxygens (including phenoxy) is 1. The van der Waals surface area contributed by atoms with Gasteiger partial charge in [-0.2, -0.15) is 0 Å². The highest BCUT2D eigenvalue weighted by Crippen LogP contribution is 2.34. The first-order chi connectivity index (χ1) is 16.7. The molecule has 2 fully saturated rings. The molecule has 1 aromatic carbocycles. The second kappa shape index (κ2) is 10.8. The smallest absolute Gasteiger partial charge is 0.338 e. The number of esters is 1. The third kappa shape index (κ3) is 5.34. The number of amides is 2. The lowest BCUT2D eigenvalue weighted by Crippen LogP contribution is -2.47. The summed E-state index contributed by atoms with van der Waals surface area (Å²) >= 11 is 7.13. The van der Waals surface area contributed by atoms with Crippen LogP contribution in [0.15, 0.2) is 18.2 Å². The monoisotopic (exact) mass is 518 g/mol. The van der Waals surface area contributed by atoms with E-state index in [2.05, 4.69) is 4.90 Å². The summed E-state index contributed by atoms with van der Waals surface area (Å²) in [6.45, 7) is 11.3. The molecule has 1 aromatic rings. The van der Waals surface area contributed by atoms with Gasteiger partial charge in [0.25, 0.3) is 11.1 Å². The molecule has 0 spiro atoms. The fraction of sp³-hybridized carbons (Fsp3) is 0.600. The second-order valence-electron chi connectivity index (χ2n) is 9.64. The first-order valence-corrected chi connectivity index (χ1v) is 13.7. The summed E-state index contributed by atoms with van der Waals surface area (Å²) < 4.78 is 5.09. The zero-order valence-electron chi connectivity index (χ0n) is 20.7. The average Bonchev–Trinajstić information content (AvgIpc) is 3.28. The molecule has 35 heavy (non-hydrogen) atoms. The zero-order chi connectivity index (χ0) is 25.2. The summed E-state index contributed by atoms with van der Waals surface area (Å²) in [6.07, 6.45) is 3.07. The quantitative estimate of drug-likeness (QED) is 0.293. The van der Waals surface area contributed by atoms with Gasteiger partial charge in [0.1, 0.15) is 12.1 Å². The van der Waals surface area contributed by atoms with Crippen LogP contribution < -0.4 is 4.90 Å². The van der Waals surface area contributed by atoms with Gasteiger partial charge in [0, 0.05) is 38.3 Å². The van der Waals surface area contributed by atoms with E-state index < -0.39 is 5.54 Å². The lowest BCUT2D eigenvalue weighted by atomic mass is 10.0. The number of hydrogen-bond acceptors (Lipinski definition) is 7. The molecule has 3 heterocycles. The highest BCUT2D eigenvalue weighted by atomic mass is 32.2. The Kier molecular flexibility index (Phi) is 8.02. The number of carbonyl (C=O) groups excluding carboxylic acids is 3. The summed E-state index contributed by atoms with van der Waals surface area (Å²) in [5.74, 6) is 0.444. The number of unbranched alkanes of at least 4 members (excludes halogenated alkanes) is 2. The maximum atomic E-state index is 13.3. The molecule has 8 nitrogen and oxygen atoms in total. The van der Waals surface area contributed by atoms with Crippen LogP contribution in [0.25, 0.3) is 0 Å². The van der Waals surface area contributed by atoms with Crippen LogP contribution in [0, 0.1) is 0 Å². The molecule has 3 aliphatic rings. The van der Waals surface area contributed by atoms with E-state index in [1.165, 1.54) is 11.8 Å². The molecule has 10 heteroatoms. The van der Waals surface area contributed by atoms with Crippen molar-refractivity contribution in [3.05, 3.63) is 29.3 Å². The minimum atomic E-state index is -0.720. The Balaban J connectivity index is 1.25. The maximum absolute atomic E-state index is 13.3. The summed E-state index contributed by atoms with van der Waals surface area (Å²) in [7, 11) is 0. The van der Waals surface area contributed by atoms with Crippen molar-refractivity contribution in [2.75, 3.05) is 49.9 Å². The zero-order valence-corrected chi connectivity index (χ0v) is 22.4. The number of anilines is 1. The number of rotatable bonds is 8. The molecule has 0 atom stereocenters. The van der Waals surface area contributed by atoms with Crippen LogP contribution in [-0.4, -0.2) is 87.5 Å². The van der Waals surface area contributed by atoms with Crippen LogP contribution in [0.1, 0.15) is 56.0 Å². The van der Waals surface area contributed by atoms with Crippen LogP contribution in [0.3, 0.4) is 0 Å². The molecule has 0 bridgehead atoms. The van der Waals surface area contributed by atoms with Crippen LogP contribution in [0.4, 0.5) is 10.5 Å². The number of benzene rings is 1. The van der Waals surface area contributed by atoms with Gasteiger partial charge < -0.3 is 14.5 Å². The minimum absolute atomic E-state index is 0.0543. The van der Waals surface area contributed by atoms with Gasteiger partial charge in [-0.25, -0.2) is 4.79 Å². The predicted molar refractivity (Wildman–Crippen MR) is 142 cm³/mol. The maximum Gasteiger partial charge on any atom is 0.338 e. The Hall–Kier alpha value is -2.17. The molecule has 190 valence electrons. The van der Waals surface area contributed by atoms with Crippen LogP contribution in [0.5, 0.6) is 0 Å². The normalized spacial score (nSPS) is 20.0.